The van der Waals surface area contributed by atoms with E-state index in [2.05, 4.69) is 16.2 Å². The number of thiocarbonyl (C=S) groups is 1. The molecule has 1 atom stereocenters. The Hall–Kier alpha value is -3.00. The molecule has 1 saturated heterocycles. The molecule has 0 unspecified atom stereocenters. The molecule has 0 bridgehead atoms. The van der Waals surface area contributed by atoms with Crippen molar-refractivity contribution in [3.05, 3.63) is 59.9 Å². The van der Waals surface area contributed by atoms with Gasteiger partial charge in [0.15, 0.2) is 5.11 Å². The molecule has 0 radical (unpaired) electrons. The van der Waals surface area contributed by atoms with Crippen molar-refractivity contribution in [1.29, 1.82) is 0 Å². The summed E-state index contributed by atoms with van der Waals surface area (Å²) in [6.45, 7) is 2.29. The zero-order chi connectivity index (χ0) is 19.4. The maximum atomic E-state index is 12.9. The van der Waals surface area contributed by atoms with Crippen LogP contribution in [0.4, 0.5) is 15.8 Å². The van der Waals surface area contributed by atoms with Gasteiger partial charge in [0.05, 0.1) is 5.92 Å². The number of anilines is 2. The monoisotopic (exact) mass is 386 g/mol. The Balaban J connectivity index is 1.51. The third-order valence-electron chi connectivity index (χ3n) is 4.24. The van der Waals surface area contributed by atoms with Crippen LogP contribution in [0, 0.1) is 18.7 Å². The van der Waals surface area contributed by atoms with Gasteiger partial charge in [-0.1, -0.05) is 17.7 Å². The Morgan fingerprint density at radius 3 is 2.44 bits per heavy atom. The first kappa shape index (κ1) is 18.8. The summed E-state index contributed by atoms with van der Waals surface area (Å²) in [6, 6.07) is 13.2. The van der Waals surface area contributed by atoms with Gasteiger partial charge in [0.25, 0.3) is 0 Å². The van der Waals surface area contributed by atoms with E-state index in [-0.39, 0.29) is 29.2 Å². The molecule has 6 nitrogen and oxygen atoms in total. The molecule has 1 fully saturated rings. The Morgan fingerprint density at radius 2 is 1.78 bits per heavy atom. The van der Waals surface area contributed by atoms with Crippen LogP contribution in [0.1, 0.15) is 12.0 Å². The third kappa shape index (κ3) is 4.79. The molecule has 1 aliphatic heterocycles. The number of benzene rings is 2. The number of hydrogen-bond donors (Lipinski definition) is 3. The van der Waals surface area contributed by atoms with Gasteiger partial charge >= 0.3 is 0 Å². The fraction of sp³-hybridized carbons (Fsp3) is 0.211. The molecule has 140 valence electrons. The summed E-state index contributed by atoms with van der Waals surface area (Å²) >= 11 is 5.09. The molecule has 0 saturated carbocycles. The topological polar surface area (TPSA) is 73.5 Å². The highest BCUT2D eigenvalue weighted by molar-refractivity contribution is 7.80. The highest BCUT2D eigenvalue weighted by atomic mass is 32.1. The van der Waals surface area contributed by atoms with Gasteiger partial charge < -0.3 is 10.2 Å². The fourth-order valence-corrected chi connectivity index (χ4v) is 2.94. The normalized spacial score (nSPS) is 16.1. The zero-order valence-electron chi connectivity index (χ0n) is 14.7. The number of nitrogens with one attached hydrogen (secondary N) is 3. The van der Waals surface area contributed by atoms with Gasteiger partial charge in [0.1, 0.15) is 5.82 Å². The molecule has 3 N–H and O–H groups in total. The zero-order valence-corrected chi connectivity index (χ0v) is 15.5. The molecule has 2 aromatic rings. The van der Waals surface area contributed by atoms with Crippen LogP contribution in [0.15, 0.2) is 48.5 Å². The van der Waals surface area contributed by atoms with E-state index in [0.717, 1.165) is 11.3 Å². The summed E-state index contributed by atoms with van der Waals surface area (Å²) in [5, 5.41) is 2.99. The molecule has 3 rings (SSSR count). The van der Waals surface area contributed by atoms with Crippen LogP contribution in [0.3, 0.4) is 0 Å². The summed E-state index contributed by atoms with van der Waals surface area (Å²) in [5.74, 6) is -1.23. The maximum absolute atomic E-state index is 12.9. The largest absolute Gasteiger partial charge is 0.331 e. The second-order valence-electron chi connectivity index (χ2n) is 6.32. The van der Waals surface area contributed by atoms with Crippen molar-refractivity contribution in [3.8, 4) is 0 Å². The number of carbonyl (C=O) groups excluding carboxylic acids is 2. The Kier molecular flexibility index (Phi) is 5.66. The summed E-state index contributed by atoms with van der Waals surface area (Å²) in [5.41, 5.74) is 7.58. The first-order valence-corrected chi connectivity index (χ1v) is 8.82. The summed E-state index contributed by atoms with van der Waals surface area (Å²) < 4.78 is 12.9. The first-order chi connectivity index (χ1) is 12.9. The van der Waals surface area contributed by atoms with Crippen molar-refractivity contribution in [1.82, 2.24) is 10.9 Å². The molecule has 0 aliphatic carbocycles. The molecular weight excluding hydrogens is 367 g/mol. The van der Waals surface area contributed by atoms with Crippen LogP contribution in [0.2, 0.25) is 0 Å². The van der Waals surface area contributed by atoms with Crippen LogP contribution in [-0.2, 0) is 9.59 Å². The highest BCUT2D eigenvalue weighted by Gasteiger charge is 2.35. The molecule has 2 aromatic carbocycles. The van der Waals surface area contributed by atoms with Crippen LogP contribution >= 0.6 is 12.2 Å². The summed E-state index contributed by atoms with van der Waals surface area (Å²) in [4.78, 5) is 26.2. The Morgan fingerprint density at radius 1 is 1.11 bits per heavy atom. The van der Waals surface area contributed by atoms with Crippen LogP contribution in [0.25, 0.3) is 0 Å². The van der Waals surface area contributed by atoms with Crippen molar-refractivity contribution >= 4 is 40.5 Å². The molecule has 8 heteroatoms. The van der Waals surface area contributed by atoms with E-state index < -0.39 is 5.92 Å². The lowest BCUT2D eigenvalue weighted by atomic mass is 10.1. The van der Waals surface area contributed by atoms with Crippen molar-refractivity contribution in [2.45, 2.75) is 13.3 Å². The average Bonchev–Trinajstić information content (AvgIpc) is 3.04. The van der Waals surface area contributed by atoms with E-state index in [0.29, 0.717) is 12.2 Å². The predicted octanol–water partition coefficient (Wildman–Crippen LogP) is 2.50. The molecule has 1 heterocycles. The van der Waals surface area contributed by atoms with Gasteiger partial charge in [-0.15, -0.1) is 0 Å². The number of nitrogens with zero attached hydrogens (tertiary/aromatic N) is 1. The average molecular weight is 386 g/mol. The molecule has 27 heavy (non-hydrogen) atoms. The number of aryl methyl sites for hydroxylation is 1. The summed E-state index contributed by atoms with van der Waals surface area (Å²) in [7, 11) is 0. The predicted molar refractivity (Wildman–Crippen MR) is 106 cm³/mol. The molecule has 1 aliphatic rings. The SMILES string of the molecule is Cc1ccc(N2C[C@@H](C(=O)NNC(=S)Nc3ccc(F)cc3)CC2=O)cc1. The second-order valence-corrected chi connectivity index (χ2v) is 6.72. The number of hydrogen-bond acceptors (Lipinski definition) is 3. The van der Waals surface area contributed by atoms with Gasteiger partial charge in [-0.05, 0) is 55.5 Å². The van der Waals surface area contributed by atoms with Crippen LogP contribution in [-0.4, -0.2) is 23.5 Å². The standard InChI is InChI=1S/C19H19FN4O2S/c1-12-2-8-16(9-3-12)24-11-13(10-17(24)25)18(26)22-23-19(27)21-15-6-4-14(20)5-7-15/h2-9,13H,10-11H2,1H3,(H,22,26)(H2,21,23,27)/t13-/m0/s1. The van der Waals surface area contributed by atoms with Crippen molar-refractivity contribution < 1.29 is 14.0 Å². The van der Waals surface area contributed by atoms with E-state index in [1.165, 1.54) is 24.3 Å². The van der Waals surface area contributed by atoms with Gasteiger partial charge in [-0.2, -0.15) is 0 Å². The van der Waals surface area contributed by atoms with E-state index in [4.69, 9.17) is 12.2 Å². The molecule has 0 aromatic heterocycles. The number of halogens is 1. The van der Waals surface area contributed by atoms with E-state index in [1.807, 2.05) is 31.2 Å². The maximum Gasteiger partial charge on any atom is 0.243 e. The van der Waals surface area contributed by atoms with Crippen LogP contribution in [0.5, 0.6) is 0 Å². The van der Waals surface area contributed by atoms with E-state index >= 15 is 0 Å². The fourth-order valence-electron chi connectivity index (χ4n) is 2.77. The number of rotatable bonds is 3. The number of hydrazine groups is 1. The minimum atomic E-state index is -0.472. The molecular formula is C19H19FN4O2S. The van der Waals surface area contributed by atoms with Gasteiger partial charge in [0.2, 0.25) is 11.8 Å². The Bertz CT molecular complexity index is 855. The third-order valence-corrected chi connectivity index (χ3v) is 4.45. The van der Waals surface area contributed by atoms with Gasteiger partial charge in [-0.25, -0.2) is 4.39 Å². The lowest BCUT2D eigenvalue weighted by molar-refractivity contribution is -0.126. The van der Waals surface area contributed by atoms with Gasteiger partial charge in [-0.3, -0.25) is 20.4 Å². The van der Waals surface area contributed by atoms with Gasteiger partial charge in [0, 0.05) is 24.3 Å². The quantitative estimate of drug-likeness (QED) is 0.558. The lowest BCUT2D eigenvalue weighted by Crippen LogP contribution is -2.46. The lowest BCUT2D eigenvalue weighted by Gasteiger charge is -2.17. The summed E-state index contributed by atoms with van der Waals surface area (Å²) in [6.07, 6.45) is 0.138. The highest BCUT2D eigenvalue weighted by Crippen LogP contribution is 2.25. The number of carbonyl (C=O) groups is 2. The second kappa shape index (κ2) is 8.13. The number of amides is 2. The van der Waals surface area contributed by atoms with Crippen molar-refractivity contribution in [3.63, 3.8) is 0 Å². The van der Waals surface area contributed by atoms with E-state index in [9.17, 15) is 14.0 Å². The van der Waals surface area contributed by atoms with Crippen LogP contribution < -0.4 is 21.1 Å². The van der Waals surface area contributed by atoms with Crippen molar-refractivity contribution in [2.75, 3.05) is 16.8 Å². The minimum Gasteiger partial charge on any atom is -0.331 e. The molecule has 2 amide bonds. The Labute approximate surface area is 161 Å². The van der Waals surface area contributed by atoms with Crippen molar-refractivity contribution in [2.24, 2.45) is 5.92 Å². The molecule has 0 spiro atoms. The van der Waals surface area contributed by atoms with E-state index in [1.54, 1.807) is 4.90 Å². The smallest absolute Gasteiger partial charge is 0.243 e. The minimum absolute atomic E-state index is 0.0917. The first-order valence-electron chi connectivity index (χ1n) is 8.42.